The van der Waals surface area contributed by atoms with Crippen molar-refractivity contribution in [2.24, 2.45) is 0 Å². The van der Waals surface area contributed by atoms with Crippen LogP contribution in [0, 0.1) is 23.0 Å². The number of amides is 1. The molecule has 0 radical (unpaired) electrons. The Kier molecular flexibility index (Phi) is 4.66. The summed E-state index contributed by atoms with van der Waals surface area (Å²) >= 11 is 3.10. The summed E-state index contributed by atoms with van der Waals surface area (Å²) in [6, 6.07) is 9.82. The quantitative estimate of drug-likeness (QED) is 0.920. The lowest BCUT2D eigenvalue weighted by molar-refractivity contribution is 0.0946. The number of halogens is 3. The topological polar surface area (TPSA) is 52.9 Å². The minimum Gasteiger partial charge on any atom is -0.348 e. The third kappa shape index (κ3) is 3.64. The first-order valence-electron chi connectivity index (χ1n) is 5.93. The molecule has 0 heterocycles. The first-order chi connectivity index (χ1) is 10.0. The molecule has 2 aromatic rings. The fourth-order valence-electron chi connectivity index (χ4n) is 1.70. The number of hydrogen-bond donors (Lipinski definition) is 1. The van der Waals surface area contributed by atoms with Gasteiger partial charge in [0.15, 0.2) is 0 Å². The van der Waals surface area contributed by atoms with Gasteiger partial charge in [-0.3, -0.25) is 4.79 Å². The van der Waals surface area contributed by atoms with Crippen molar-refractivity contribution < 1.29 is 13.6 Å². The first-order valence-corrected chi connectivity index (χ1v) is 6.72. The van der Waals surface area contributed by atoms with E-state index >= 15 is 0 Å². The van der Waals surface area contributed by atoms with Gasteiger partial charge in [0, 0.05) is 16.6 Å². The van der Waals surface area contributed by atoms with Crippen LogP contribution < -0.4 is 5.32 Å². The third-order valence-electron chi connectivity index (χ3n) is 2.80. The van der Waals surface area contributed by atoms with Crippen LogP contribution in [0.15, 0.2) is 40.9 Å². The van der Waals surface area contributed by atoms with Gasteiger partial charge in [0.1, 0.15) is 11.6 Å². The molecule has 2 rings (SSSR count). The second-order valence-corrected chi connectivity index (χ2v) is 5.14. The van der Waals surface area contributed by atoms with Crippen molar-refractivity contribution in [2.75, 3.05) is 0 Å². The maximum atomic E-state index is 13.6. The SMILES string of the molecule is N#Cc1ccc(CNC(=O)c2ccc(Br)cc2F)c(F)c1. The van der Waals surface area contributed by atoms with Gasteiger partial charge in [-0.15, -0.1) is 0 Å². The predicted octanol–water partition coefficient (Wildman–Crippen LogP) is 3.53. The molecule has 0 unspecified atom stereocenters. The van der Waals surface area contributed by atoms with Crippen LogP contribution in [0.3, 0.4) is 0 Å². The van der Waals surface area contributed by atoms with Crippen LogP contribution in [0.25, 0.3) is 0 Å². The highest BCUT2D eigenvalue weighted by Gasteiger charge is 2.12. The molecule has 0 fully saturated rings. The Bertz CT molecular complexity index is 741. The molecule has 0 bridgehead atoms. The Morgan fingerprint density at radius 3 is 2.57 bits per heavy atom. The molecule has 0 aliphatic carbocycles. The summed E-state index contributed by atoms with van der Waals surface area (Å²) in [4.78, 5) is 11.8. The van der Waals surface area contributed by atoms with Gasteiger partial charge in [-0.05, 0) is 30.3 Å². The van der Waals surface area contributed by atoms with E-state index in [0.29, 0.717) is 4.47 Å². The molecule has 2 aromatic carbocycles. The van der Waals surface area contributed by atoms with E-state index in [-0.39, 0.29) is 23.2 Å². The van der Waals surface area contributed by atoms with Crippen molar-refractivity contribution in [3.05, 3.63) is 69.2 Å². The van der Waals surface area contributed by atoms with E-state index in [4.69, 9.17) is 5.26 Å². The Hall–Kier alpha value is -2.26. The zero-order valence-electron chi connectivity index (χ0n) is 10.7. The maximum Gasteiger partial charge on any atom is 0.254 e. The van der Waals surface area contributed by atoms with E-state index in [0.717, 1.165) is 6.07 Å². The Morgan fingerprint density at radius 2 is 1.95 bits per heavy atom. The van der Waals surface area contributed by atoms with Crippen LogP contribution in [-0.4, -0.2) is 5.91 Å². The minimum atomic E-state index is -0.665. The summed E-state index contributed by atoms with van der Waals surface area (Å²) in [7, 11) is 0. The lowest BCUT2D eigenvalue weighted by atomic mass is 10.1. The van der Waals surface area contributed by atoms with E-state index in [1.807, 2.05) is 6.07 Å². The van der Waals surface area contributed by atoms with E-state index in [2.05, 4.69) is 21.2 Å². The molecular formula is C15H9BrF2N2O. The molecule has 6 heteroatoms. The Balaban J connectivity index is 2.09. The van der Waals surface area contributed by atoms with Crippen LogP contribution in [0.5, 0.6) is 0 Å². The number of nitrogens with one attached hydrogen (secondary N) is 1. The largest absolute Gasteiger partial charge is 0.348 e. The van der Waals surface area contributed by atoms with E-state index in [1.54, 1.807) is 6.07 Å². The number of rotatable bonds is 3. The number of nitriles is 1. The molecule has 0 aliphatic rings. The van der Waals surface area contributed by atoms with E-state index in [9.17, 15) is 13.6 Å². The van der Waals surface area contributed by atoms with Crippen LogP contribution >= 0.6 is 15.9 Å². The van der Waals surface area contributed by atoms with Gasteiger partial charge in [0.05, 0.1) is 17.2 Å². The first kappa shape index (κ1) is 15.1. The fourth-order valence-corrected chi connectivity index (χ4v) is 2.04. The van der Waals surface area contributed by atoms with Crippen LogP contribution in [0.2, 0.25) is 0 Å². The number of carbonyl (C=O) groups excluding carboxylic acids is 1. The normalized spacial score (nSPS) is 10.0. The number of carbonyl (C=O) groups is 1. The summed E-state index contributed by atoms with van der Waals surface area (Å²) in [5.41, 5.74) is 0.300. The number of nitrogens with zero attached hydrogens (tertiary/aromatic N) is 1. The molecule has 3 nitrogen and oxygen atoms in total. The van der Waals surface area contributed by atoms with Crippen LogP contribution in [0.4, 0.5) is 8.78 Å². The summed E-state index contributed by atoms with van der Waals surface area (Å²) < 4.78 is 27.8. The third-order valence-corrected chi connectivity index (χ3v) is 3.29. The molecule has 0 spiro atoms. The Labute approximate surface area is 128 Å². The zero-order chi connectivity index (χ0) is 15.4. The number of benzene rings is 2. The summed E-state index contributed by atoms with van der Waals surface area (Å²) in [6.45, 7) is -0.0914. The molecule has 0 aliphatic heterocycles. The molecule has 1 N–H and O–H groups in total. The maximum absolute atomic E-state index is 13.6. The van der Waals surface area contributed by atoms with Gasteiger partial charge in [-0.1, -0.05) is 22.0 Å². The van der Waals surface area contributed by atoms with Crippen molar-refractivity contribution in [1.82, 2.24) is 5.32 Å². The second kappa shape index (κ2) is 6.46. The van der Waals surface area contributed by atoms with Crippen molar-refractivity contribution in [1.29, 1.82) is 5.26 Å². The van der Waals surface area contributed by atoms with Gasteiger partial charge in [-0.2, -0.15) is 5.26 Å². The lowest BCUT2D eigenvalue weighted by Crippen LogP contribution is -2.24. The molecule has 0 aromatic heterocycles. The zero-order valence-corrected chi connectivity index (χ0v) is 12.2. The van der Waals surface area contributed by atoms with Crippen molar-refractivity contribution in [3.8, 4) is 6.07 Å². The monoisotopic (exact) mass is 350 g/mol. The minimum absolute atomic E-state index is 0.0914. The van der Waals surface area contributed by atoms with Crippen LogP contribution in [0.1, 0.15) is 21.5 Å². The number of hydrogen-bond acceptors (Lipinski definition) is 2. The molecule has 106 valence electrons. The molecule has 0 saturated carbocycles. The summed E-state index contributed by atoms with van der Waals surface area (Å²) in [5.74, 6) is -1.89. The summed E-state index contributed by atoms with van der Waals surface area (Å²) in [6.07, 6.45) is 0. The van der Waals surface area contributed by atoms with Crippen molar-refractivity contribution in [3.63, 3.8) is 0 Å². The Morgan fingerprint density at radius 1 is 1.19 bits per heavy atom. The smallest absolute Gasteiger partial charge is 0.254 e. The van der Waals surface area contributed by atoms with Crippen molar-refractivity contribution in [2.45, 2.75) is 6.54 Å². The van der Waals surface area contributed by atoms with Gasteiger partial charge < -0.3 is 5.32 Å². The van der Waals surface area contributed by atoms with Crippen LogP contribution in [-0.2, 0) is 6.54 Å². The average Bonchev–Trinajstić information content (AvgIpc) is 2.45. The second-order valence-electron chi connectivity index (χ2n) is 4.22. The molecule has 1 amide bonds. The average molecular weight is 351 g/mol. The van der Waals surface area contributed by atoms with Crippen molar-refractivity contribution >= 4 is 21.8 Å². The van der Waals surface area contributed by atoms with E-state index < -0.39 is 17.5 Å². The van der Waals surface area contributed by atoms with Gasteiger partial charge in [-0.25, -0.2) is 8.78 Å². The molecular weight excluding hydrogens is 342 g/mol. The standard InChI is InChI=1S/C15H9BrF2N2O/c16-11-3-4-12(14(18)6-11)15(21)20-8-10-2-1-9(7-19)5-13(10)17/h1-6H,8H2,(H,20,21). The molecule has 0 saturated heterocycles. The molecule has 21 heavy (non-hydrogen) atoms. The lowest BCUT2D eigenvalue weighted by Gasteiger charge is -2.07. The predicted molar refractivity (Wildman–Crippen MR) is 76.4 cm³/mol. The van der Waals surface area contributed by atoms with E-state index in [1.165, 1.54) is 24.3 Å². The highest BCUT2D eigenvalue weighted by Crippen LogP contribution is 2.15. The highest BCUT2D eigenvalue weighted by atomic mass is 79.9. The van der Waals surface area contributed by atoms with Gasteiger partial charge in [0.2, 0.25) is 0 Å². The van der Waals surface area contributed by atoms with Gasteiger partial charge in [0.25, 0.3) is 5.91 Å². The fraction of sp³-hybridized carbons (Fsp3) is 0.0667. The highest BCUT2D eigenvalue weighted by molar-refractivity contribution is 9.10. The van der Waals surface area contributed by atoms with Gasteiger partial charge >= 0.3 is 0 Å². The molecule has 0 atom stereocenters. The summed E-state index contributed by atoms with van der Waals surface area (Å²) in [5, 5.41) is 11.1.